The van der Waals surface area contributed by atoms with Gasteiger partial charge in [-0.15, -0.1) is 0 Å². The topological polar surface area (TPSA) is 413 Å². The Hall–Kier alpha value is -3.66. The van der Waals surface area contributed by atoms with Crippen molar-refractivity contribution in [3.63, 3.8) is 0 Å². The van der Waals surface area contributed by atoms with Crippen LogP contribution in [0.4, 0.5) is 0 Å². The summed E-state index contributed by atoms with van der Waals surface area (Å²) >= 11 is 0. The van der Waals surface area contributed by atoms with Crippen molar-refractivity contribution >= 4 is 23.9 Å². The fourth-order valence-corrected chi connectivity index (χ4v) is 17.9. The van der Waals surface area contributed by atoms with E-state index in [2.05, 4.69) is 26.8 Å². The van der Waals surface area contributed by atoms with E-state index in [0.717, 1.165) is 5.57 Å². The summed E-state index contributed by atoms with van der Waals surface area (Å²) in [6.07, 6.45) is -26.4. The Labute approximate surface area is 535 Å². The first-order valence-corrected chi connectivity index (χ1v) is 32.3. The molecule has 0 bridgehead atoms. The number of aliphatic hydroxyl groups excluding tert-OH is 10. The number of hydrogen-bond acceptors (Lipinski definition) is 26. The van der Waals surface area contributed by atoms with Gasteiger partial charge in [0.1, 0.15) is 61.0 Å². The maximum absolute atomic E-state index is 13.5. The smallest absolute Gasteiger partial charge is 0.333 e. The molecular weight excluding hydrogens is 1210 g/mol. The highest BCUT2D eigenvalue weighted by molar-refractivity contribution is 5.88. The molecule has 27 heteroatoms. The highest BCUT2D eigenvalue weighted by Gasteiger charge is 2.74. The first-order valence-electron chi connectivity index (χ1n) is 32.3. The second-order valence-corrected chi connectivity index (χ2v) is 29.4. The molecule has 12 N–H and O–H groups in total. The van der Waals surface area contributed by atoms with Gasteiger partial charge in [-0.25, -0.2) is 14.4 Å². The van der Waals surface area contributed by atoms with Crippen molar-refractivity contribution in [2.24, 2.45) is 50.2 Å². The van der Waals surface area contributed by atoms with E-state index < -0.39 is 223 Å². The van der Waals surface area contributed by atoms with E-state index in [9.17, 15) is 80.5 Å². The van der Waals surface area contributed by atoms with Gasteiger partial charge in [0.2, 0.25) is 5.79 Å². The van der Waals surface area contributed by atoms with Gasteiger partial charge in [0.05, 0.1) is 43.5 Å². The summed E-state index contributed by atoms with van der Waals surface area (Å²) in [7, 11) is 0. The molecule has 10 unspecified atom stereocenters. The van der Waals surface area contributed by atoms with Crippen LogP contribution in [0.3, 0.4) is 0 Å². The molecule has 0 aromatic carbocycles. The van der Waals surface area contributed by atoms with Crippen molar-refractivity contribution in [3.05, 3.63) is 34.9 Å². The minimum absolute atomic E-state index is 0.0527. The molecule has 4 saturated carbocycles. The van der Waals surface area contributed by atoms with E-state index in [1.165, 1.54) is 19.9 Å². The van der Waals surface area contributed by atoms with Crippen LogP contribution >= 0.6 is 0 Å². The van der Waals surface area contributed by atoms with Crippen LogP contribution in [0.5, 0.6) is 0 Å². The lowest BCUT2D eigenvalue weighted by Gasteiger charge is -2.72. The molecule has 0 aromatic heterocycles. The van der Waals surface area contributed by atoms with Gasteiger partial charge < -0.3 is 113 Å². The predicted molar refractivity (Wildman–Crippen MR) is 316 cm³/mol. The highest BCUT2D eigenvalue weighted by Crippen LogP contribution is 2.76. The first-order chi connectivity index (χ1) is 42.9. The van der Waals surface area contributed by atoms with Gasteiger partial charge >= 0.3 is 23.9 Å². The molecule has 4 heterocycles. The fraction of sp³-hybridized carbons (Fsp3) is 0.846. The van der Waals surface area contributed by atoms with E-state index in [1.807, 2.05) is 27.7 Å². The predicted octanol–water partition coefficient (Wildman–Crippen LogP) is 1.06. The van der Waals surface area contributed by atoms with E-state index in [1.54, 1.807) is 33.8 Å². The Balaban J connectivity index is 1.01. The summed E-state index contributed by atoms with van der Waals surface area (Å²) < 4.78 is 67.6. The normalized spacial score (nSPS) is 48.4. The number of fused-ring (bicyclic) bond motifs is 7. The van der Waals surface area contributed by atoms with Gasteiger partial charge in [-0.3, -0.25) is 4.79 Å². The molecule has 27 nitrogen and oxygen atoms in total. The minimum Gasteiger partial charge on any atom is -0.479 e. The van der Waals surface area contributed by atoms with Gasteiger partial charge in [0.15, 0.2) is 49.6 Å². The number of carboxylic acids is 1. The zero-order valence-corrected chi connectivity index (χ0v) is 54.9. The summed E-state index contributed by atoms with van der Waals surface area (Å²) in [6, 6.07) is 0. The molecular formula is C65H100O27. The molecule has 92 heavy (non-hydrogen) atoms. The molecule has 5 aliphatic carbocycles. The zero-order chi connectivity index (χ0) is 68.1. The molecule has 0 aromatic rings. The number of esters is 3. The van der Waals surface area contributed by atoms with Crippen LogP contribution < -0.4 is 0 Å². The van der Waals surface area contributed by atoms with Gasteiger partial charge in [-0.1, -0.05) is 72.3 Å². The van der Waals surface area contributed by atoms with Gasteiger partial charge in [0, 0.05) is 24.5 Å². The van der Waals surface area contributed by atoms with Crippen LogP contribution in [0.15, 0.2) is 34.9 Å². The maximum Gasteiger partial charge on any atom is 0.333 e. The molecule has 8 fully saturated rings. The van der Waals surface area contributed by atoms with Crippen molar-refractivity contribution in [1.29, 1.82) is 0 Å². The fourth-order valence-electron chi connectivity index (χ4n) is 17.9. The minimum atomic E-state index is -2.90. The molecule has 29 atom stereocenters. The molecule has 9 rings (SSSR count). The SMILES string of the molecule is CC=C(C)C(=O)O[C@@H]1C(O)[C@H](O[C@H]2[C@H](OC(C)=O)[C@@]3(CO)C(CC2(C)C)C2=CCC4[C@@]5(C)CC[C@H](O[C@@H]6OC(C(=O)O)C[C@@](O)(O[C@@H]7O[C@@H](CO)[C@@H](O)C7O)C6O[C@@H]6OC(CO)[C@H](O)[C@@H](O)C6O)C(C)(C)C5CC[C@@]4(C)[C@]2(C)C[C@H]3O)OC(C)[C@@H]1OC(=O)C(C)=CC. The number of carbonyl (C=O) groups excluding carboxylic acids is 3. The highest BCUT2D eigenvalue weighted by atomic mass is 16.8. The lowest BCUT2D eigenvalue weighted by atomic mass is 9.33. The van der Waals surface area contributed by atoms with Crippen molar-refractivity contribution in [2.45, 2.75) is 276 Å². The summed E-state index contributed by atoms with van der Waals surface area (Å²) in [5.74, 6) is -7.49. The quantitative estimate of drug-likeness (QED) is 0.0242. The zero-order valence-electron chi connectivity index (χ0n) is 54.9. The Morgan fingerprint density at radius 2 is 1.18 bits per heavy atom. The maximum atomic E-state index is 13.5. The van der Waals surface area contributed by atoms with Crippen molar-refractivity contribution < 1.29 is 133 Å². The third-order valence-corrected chi connectivity index (χ3v) is 23.6. The molecule has 0 radical (unpaired) electrons. The van der Waals surface area contributed by atoms with Crippen LogP contribution in [0, 0.1) is 50.2 Å². The lowest BCUT2D eigenvalue weighted by Crippen LogP contribution is -2.73. The van der Waals surface area contributed by atoms with Crippen LogP contribution in [0.2, 0.25) is 0 Å². The summed E-state index contributed by atoms with van der Waals surface area (Å²) in [4.78, 5) is 53.0. The summed E-state index contributed by atoms with van der Waals surface area (Å²) in [5.41, 5.74) is -3.60. The summed E-state index contributed by atoms with van der Waals surface area (Å²) in [6.45, 7) is 21.4. The number of carboxylic acid groups (broad SMARTS) is 1. The van der Waals surface area contributed by atoms with E-state index in [-0.39, 0.29) is 35.8 Å². The molecule has 522 valence electrons. The number of allylic oxidation sites excluding steroid dienone is 4. The van der Waals surface area contributed by atoms with Crippen LogP contribution in [0.25, 0.3) is 0 Å². The third kappa shape index (κ3) is 12.2. The summed E-state index contributed by atoms with van der Waals surface area (Å²) in [5, 5.41) is 135. The Bertz CT molecular complexity index is 2810. The number of hydrogen-bond donors (Lipinski definition) is 12. The van der Waals surface area contributed by atoms with Crippen LogP contribution in [0.1, 0.15) is 141 Å². The van der Waals surface area contributed by atoms with Crippen LogP contribution in [-0.4, -0.2) is 240 Å². The van der Waals surface area contributed by atoms with Crippen molar-refractivity contribution in [2.75, 3.05) is 19.8 Å². The van der Waals surface area contributed by atoms with E-state index in [4.69, 9.17) is 52.1 Å². The molecule has 0 amide bonds. The molecule has 0 spiro atoms. The number of aliphatic hydroxyl groups is 11. The molecule has 9 aliphatic rings. The van der Waals surface area contributed by atoms with Gasteiger partial charge in [0.25, 0.3) is 0 Å². The van der Waals surface area contributed by atoms with Gasteiger partial charge in [-0.2, -0.15) is 0 Å². The average Bonchev–Trinajstić information content (AvgIpc) is 0.727. The third-order valence-electron chi connectivity index (χ3n) is 23.6. The lowest BCUT2D eigenvalue weighted by molar-refractivity contribution is -0.432. The largest absolute Gasteiger partial charge is 0.479 e. The van der Waals surface area contributed by atoms with E-state index >= 15 is 0 Å². The Morgan fingerprint density at radius 3 is 1.76 bits per heavy atom. The second kappa shape index (κ2) is 26.6. The van der Waals surface area contributed by atoms with Crippen LogP contribution in [-0.2, 0) is 71.3 Å². The first kappa shape index (κ1) is 72.6. The number of rotatable bonds is 17. The van der Waals surface area contributed by atoms with Crippen molar-refractivity contribution in [1.82, 2.24) is 0 Å². The molecule has 4 saturated heterocycles. The molecule has 4 aliphatic heterocycles. The van der Waals surface area contributed by atoms with Crippen molar-refractivity contribution in [3.8, 4) is 0 Å². The monoisotopic (exact) mass is 1310 g/mol. The van der Waals surface area contributed by atoms with Gasteiger partial charge in [-0.05, 0) is 124 Å². The number of aliphatic carboxylic acids is 1. The number of carbonyl (C=O) groups is 4. The average molecular weight is 1310 g/mol. The second-order valence-electron chi connectivity index (χ2n) is 29.4. The standard InChI is InChI=1S/C65H100O27/c1-14-28(3)53(79)88-47-30(5)82-56(46(76)48(47)89-54(80)29(4)15-2)90-49-50(83-31(6)69)64(27-68)33(22-59(49,7)8)32-16-17-38-61(11)20-19-40(60(9,10)37(61)18-21-62(38,12)63(32,13)24-39(64)70)87-58-51(91-55-45(75)43(73)41(71)35(25-66)85-55)65(81,23-34(84-58)52(77)78)92-57-44(74)42(72)36(26-67)86-57/h14-16,30,33-51,55-58,66-68,70-76,81H,17-27H2,1-13H3,(H,77,78)/t30?,33?,34?,35?,36-,37?,38?,39+,40-,41-,42+,43+,44?,45?,46?,47-,48+,49-,50-,51?,55-,56-,57-,58-,61-,62+,63+,64-,65+/m0/s1. The Morgan fingerprint density at radius 1 is 0.620 bits per heavy atom. The number of ether oxygens (including phenoxy) is 11. The van der Waals surface area contributed by atoms with E-state index in [0.29, 0.717) is 32.1 Å². The Kier molecular flexibility index (Phi) is 21.0.